The molecule has 2 fully saturated rings. The van der Waals surface area contributed by atoms with Crippen LogP contribution in [-0.4, -0.2) is 68.8 Å². The van der Waals surface area contributed by atoms with Gasteiger partial charge in [0.05, 0.1) is 18.7 Å². The minimum absolute atomic E-state index is 0. The number of methoxy groups -OCH3 is 1. The Morgan fingerprint density at radius 3 is 2.69 bits per heavy atom. The maximum absolute atomic E-state index is 6.45. The second kappa shape index (κ2) is 10.6. The lowest BCUT2D eigenvalue weighted by Crippen LogP contribution is -2.49. The van der Waals surface area contributed by atoms with Gasteiger partial charge in [0.15, 0.2) is 11.5 Å². The van der Waals surface area contributed by atoms with Gasteiger partial charge < -0.3 is 14.8 Å². The molecule has 0 aromatic heterocycles. The summed E-state index contributed by atoms with van der Waals surface area (Å²) < 4.78 is 11.2. The third kappa shape index (κ3) is 5.40. The Kier molecular flexibility index (Phi) is 8.77. The van der Waals surface area contributed by atoms with E-state index in [2.05, 4.69) is 28.1 Å². The Hall–Kier alpha value is -0.720. The predicted molar refractivity (Wildman–Crippen MR) is 109 cm³/mol. The van der Waals surface area contributed by atoms with Crippen molar-refractivity contribution in [2.75, 3.05) is 53.0 Å². The molecule has 5 nitrogen and oxygen atoms in total. The predicted octanol–water partition coefficient (Wildman–Crippen LogP) is 3.04. The maximum Gasteiger partial charge on any atom is 0.179 e. The van der Waals surface area contributed by atoms with Gasteiger partial charge in [-0.25, -0.2) is 0 Å². The number of halogens is 2. The SMILES string of the molecule is CCCOc1c(Cl)cc(CN2CCC(N3CCNCC3)C2)cc1OC.Cl. The van der Waals surface area contributed by atoms with Crippen LogP contribution in [0.5, 0.6) is 11.5 Å². The van der Waals surface area contributed by atoms with Gasteiger partial charge in [-0.3, -0.25) is 9.80 Å². The van der Waals surface area contributed by atoms with Crippen LogP contribution in [0.3, 0.4) is 0 Å². The van der Waals surface area contributed by atoms with Crippen molar-refractivity contribution in [3.8, 4) is 11.5 Å². The average Bonchev–Trinajstić information content (AvgIpc) is 3.09. The number of likely N-dealkylation sites (tertiary alicyclic amines) is 1. The summed E-state index contributed by atoms with van der Waals surface area (Å²) in [5.74, 6) is 1.39. The Morgan fingerprint density at radius 2 is 2.00 bits per heavy atom. The fourth-order valence-corrected chi connectivity index (χ4v) is 4.06. The van der Waals surface area contributed by atoms with Gasteiger partial charge in [0.1, 0.15) is 0 Å². The Balaban J connectivity index is 0.00000243. The molecule has 1 aromatic rings. The van der Waals surface area contributed by atoms with Crippen LogP contribution >= 0.6 is 24.0 Å². The highest BCUT2D eigenvalue weighted by atomic mass is 35.5. The van der Waals surface area contributed by atoms with Crippen molar-refractivity contribution in [3.63, 3.8) is 0 Å². The van der Waals surface area contributed by atoms with E-state index in [1.54, 1.807) is 7.11 Å². The molecule has 3 rings (SSSR count). The van der Waals surface area contributed by atoms with Crippen molar-refractivity contribution in [3.05, 3.63) is 22.7 Å². The lowest BCUT2D eigenvalue weighted by Gasteiger charge is -2.32. The molecule has 1 atom stereocenters. The molecule has 0 saturated carbocycles. The van der Waals surface area contributed by atoms with Crippen LogP contribution in [0.4, 0.5) is 0 Å². The molecule has 1 aromatic carbocycles. The highest BCUT2D eigenvalue weighted by molar-refractivity contribution is 6.32. The van der Waals surface area contributed by atoms with Crippen LogP contribution in [0, 0.1) is 0 Å². The van der Waals surface area contributed by atoms with Crippen LogP contribution in [-0.2, 0) is 6.54 Å². The number of benzene rings is 1. The molecule has 148 valence electrons. The molecule has 1 unspecified atom stereocenters. The topological polar surface area (TPSA) is 37.0 Å². The standard InChI is InChI=1S/C19H30ClN3O2.ClH/c1-3-10-25-19-17(20)11-15(12-18(19)24-2)13-22-7-4-16(14-22)23-8-5-21-6-9-23;/h11-12,16,21H,3-10,13-14H2,1-2H3;1H. The fourth-order valence-electron chi connectivity index (χ4n) is 3.77. The molecule has 0 spiro atoms. The van der Waals surface area contributed by atoms with Crippen molar-refractivity contribution in [1.29, 1.82) is 0 Å². The summed E-state index contributed by atoms with van der Waals surface area (Å²) in [6, 6.07) is 4.77. The summed E-state index contributed by atoms with van der Waals surface area (Å²) in [5.41, 5.74) is 1.19. The number of nitrogens with zero attached hydrogens (tertiary/aromatic N) is 2. The molecule has 1 N–H and O–H groups in total. The molecule has 0 radical (unpaired) electrons. The monoisotopic (exact) mass is 403 g/mol. The first kappa shape index (κ1) is 21.6. The summed E-state index contributed by atoms with van der Waals surface area (Å²) in [7, 11) is 1.67. The van der Waals surface area contributed by atoms with E-state index in [1.807, 2.05) is 6.07 Å². The number of hydrogen-bond acceptors (Lipinski definition) is 5. The molecule has 2 aliphatic heterocycles. The molecule has 0 aliphatic carbocycles. The first-order valence-corrected chi connectivity index (χ1v) is 9.75. The molecule has 2 aliphatic rings. The van der Waals surface area contributed by atoms with E-state index in [1.165, 1.54) is 25.1 Å². The highest BCUT2D eigenvalue weighted by Crippen LogP contribution is 2.37. The Labute approximate surface area is 168 Å². The minimum Gasteiger partial charge on any atom is -0.493 e. The number of ether oxygens (including phenoxy) is 2. The highest BCUT2D eigenvalue weighted by Gasteiger charge is 2.28. The third-order valence-corrected chi connectivity index (χ3v) is 5.34. The zero-order valence-electron chi connectivity index (χ0n) is 15.8. The maximum atomic E-state index is 6.45. The van der Waals surface area contributed by atoms with E-state index < -0.39 is 0 Å². The van der Waals surface area contributed by atoms with Crippen LogP contribution in [0.15, 0.2) is 12.1 Å². The normalized spacial score (nSPS) is 21.4. The molecule has 2 heterocycles. The van der Waals surface area contributed by atoms with Gasteiger partial charge in [-0.2, -0.15) is 0 Å². The third-order valence-electron chi connectivity index (χ3n) is 5.06. The van der Waals surface area contributed by atoms with E-state index in [0.29, 0.717) is 23.4 Å². The van der Waals surface area contributed by atoms with Gasteiger partial charge in [-0.1, -0.05) is 18.5 Å². The molecule has 0 amide bonds. The van der Waals surface area contributed by atoms with E-state index in [0.717, 1.165) is 44.9 Å². The number of hydrogen-bond donors (Lipinski definition) is 1. The molecule has 2 saturated heterocycles. The van der Waals surface area contributed by atoms with Gasteiger partial charge in [0.25, 0.3) is 0 Å². The summed E-state index contributed by atoms with van der Waals surface area (Å²) in [4.78, 5) is 5.15. The van der Waals surface area contributed by atoms with Crippen molar-refractivity contribution in [2.45, 2.75) is 32.4 Å². The fraction of sp³-hybridized carbons (Fsp3) is 0.684. The van der Waals surface area contributed by atoms with Crippen LogP contribution in [0.2, 0.25) is 5.02 Å². The van der Waals surface area contributed by atoms with Crippen molar-refractivity contribution < 1.29 is 9.47 Å². The number of piperazine rings is 1. The van der Waals surface area contributed by atoms with Crippen LogP contribution in [0.25, 0.3) is 0 Å². The second-order valence-electron chi connectivity index (χ2n) is 6.92. The van der Waals surface area contributed by atoms with Gasteiger partial charge in [0, 0.05) is 51.9 Å². The van der Waals surface area contributed by atoms with E-state index in [9.17, 15) is 0 Å². The minimum atomic E-state index is 0. The number of nitrogens with one attached hydrogen (secondary N) is 1. The smallest absolute Gasteiger partial charge is 0.179 e. The molecule has 26 heavy (non-hydrogen) atoms. The number of rotatable bonds is 7. The Morgan fingerprint density at radius 1 is 1.23 bits per heavy atom. The zero-order valence-corrected chi connectivity index (χ0v) is 17.4. The molecular formula is C19H31Cl2N3O2. The lowest BCUT2D eigenvalue weighted by atomic mass is 10.2. The van der Waals surface area contributed by atoms with Gasteiger partial charge in [-0.15, -0.1) is 12.4 Å². The van der Waals surface area contributed by atoms with Gasteiger partial charge in [-0.05, 0) is 30.5 Å². The first-order valence-electron chi connectivity index (χ1n) is 9.37. The van der Waals surface area contributed by atoms with E-state index in [4.69, 9.17) is 21.1 Å². The van der Waals surface area contributed by atoms with E-state index >= 15 is 0 Å². The van der Waals surface area contributed by atoms with Crippen LogP contribution in [0.1, 0.15) is 25.3 Å². The van der Waals surface area contributed by atoms with Crippen LogP contribution < -0.4 is 14.8 Å². The summed E-state index contributed by atoms with van der Waals surface area (Å²) in [6.45, 7) is 10.5. The van der Waals surface area contributed by atoms with Crippen molar-refractivity contribution >= 4 is 24.0 Å². The largest absolute Gasteiger partial charge is 0.493 e. The first-order chi connectivity index (χ1) is 12.2. The van der Waals surface area contributed by atoms with Crippen molar-refractivity contribution in [2.24, 2.45) is 0 Å². The second-order valence-corrected chi connectivity index (χ2v) is 7.33. The molecular weight excluding hydrogens is 373 g/mol. The van der Waals surface area contributed by atoms with Crippen molar-refractivity contribution in [1.82, 2.24) is 15.1 Å². The average molecular weight is 404 g/mol. The summed E-state index contributed by atoms with van der Waals surface area (Å²) >= 11 is 6.45. The van der Waals surface area contributed by atoms with Gasteiger partial charge in [0.2, 0.25) is 0 Å². The lowest BCUT2D eigenvalue weighted by molar-refractivity contribution is 0.170. The summed E-state index contributed by atoms with van der Waals surface area (Å²) in [5, 5.41) is 4.07. The zero-order chi connectivity index (χ0) is 17.6. The quantitative estimate of drug-likeness (QED) is 0.756. The van der Waals surface area contributed by atoms with Gasteiger partial charge >= 0.3 is 0 Å². The summed E-state index contributed by atoms with van der Waals surface area (Å²) in [6.07, 6.45) is 2.20. The van der Waals surface area contributed by atoms with E-state index in [-0.39, 0.29) is 12.4 Å². The molecule has 0 bridgehead atoms. The Bertz CT molecular complexity index is 568. The molecule has 7 heteroatoms.